The molecule has 4 nitrogen and oxygen atoms in total. The van der Waals surface area contributed by atoms with Gasteiger partial charge in [-0.25, -0.2) is 0 Å². The summed E-state index contributed by atoms with van der Waals surface area (Å²) in [5, 5.41) is 18.6. The Balaban J connectivity index is 2.11. The Morgan fingerprint density at radius 3 is 2.25 bits per heavy atom. The van der Waals surface area contributed by atoms with Crippen LogP contribution in [0, 0.1) is 0 Å². The van der Waals surface area contributed by atoms with Gasteiger partial charge in [-0.05, 0) is 6.42 Å². The maximum Gasteiger partial charge on any atom is 0.222 e. The molecule has 1 heterocycles. The number of aliphatic hydroxyl groups is 2. The van der Waals surface area contributed by atoms with E-state index >= 15 is 0 Å². The summed E-state index contributed by atoms with van der Waals surface area (Å²) < 4.78 is 0. The number of carbonyl (C=O) groups is 1. The van der Waals surface area contributed by atoms with Crippen molar-refractivity contribution in [2.45, 2.75) is 57.7 Å². The third kappa shape index (κ3) is 4.10. The molecule has 0 aromatic heterocycles. The molecule has 1 fully saturated rings. The van der Waals surface area contributed by atoms with Gasteiger partial charge in [0.2, 0.25) is 5.91 Å². The van der Waals surface area contributed by atoms with Crippen molar-refractivity contribution < 1.29 is 15.0 Å². The Morgan fingerprint density at radius 1 is 1.12 bits per heavy atom. The molecule has 1 rings (SSSR count). The van der Waals surface area contributed by atoms with Gasteiger partial charge in [-0.3, -0.25) is 4.79 Å². The molecule has 2 atom stereocenters. The van der Waals surface area contributed by atoms with E-state index in [1.54, 1.807) is 4.90 Å². The van der Waals surface area contributed by atoms with E-state index < -0.39 is 12.2 Å². The first kappa shape index (κ1) is 13.5. The number of hydrogen-bond acceptors (Lipinski definition) is 3. The van der Waals surface area contributed by atoms with E-state index in [9.17, 15) is 15.0 Å². The normalized spacial score (nSPS) is 25.1. The summed E-state index contributed by atoms with van der Waals surface area (Å²) in [7, 11) is 0. The minimum Gasteiger partial charge on any atom is -0.388 e. The highest BCUT2D eigenvalue weighted by molar-refractivity contribution is 5.76. The van der Waals surface area contributed by atoms with E-state index in [1.165, 1.54) is 19.3 Å². The van der Waals surface area contributed by atoms with Crippen molar-refractivity contribution in [2.75, 3.05) is 13.1 Å². The Morgan fingerprint density at radius 2 is 1.69 bits per heavy atom. The van der Waals surface area contributed by atoms with Crippen LogP contribution in [0.1, 0.15) is 45.4 Å². The van der Waals surface area contributed by atoms with Gasteiger partial charge >= 0.3 is 0 Å². The molecule has 0 radical (unpaired) electrons. The van der Waals surface area contributed by atoms with Crippen LogP contribution in [0.15, 0.2) is 0 Å². The Bertz CT molecular complexity index is 210. The lowest BCUT2D eigenvalue weighted by Crippen LogP contribution is -2.29. The predicted molar refractivity (Wildman–Crippen MR) is 62.0 cm³/mol. The first-order valence-electron chi connectivity index (χ1n) is 6.29. The van der Waals surface area contributed by atoms with Crippen LogP contribution >= 0.6 is 0 Å². The van der Waals surface area contributed by atoms with E-state index in [0.29, 0.717) is 6.42 Å². The number of unbranched alkanes of at least 4 members (excludes halogenated alkanes) is 4. The number of carbonyl (C=O) groups excluding carboxylic acids is 1. The van der Waals surface area contributed by atoms with Gasteiger partial charge in [-0.1, -0.05) is 32.6 Å². The molecule has 2 N–H and O–H groups in total. The summed E-state index contributed by atoms with van der Waals surface area (Å²) in [5.41, 5.74) is 0. The van der Waals surface area contributed by atoms with Crippen LogP contribution in [0.25, 0.3) is 0 Å². The van der Waals surface area contributed by atoms with Crippen LogP contribution in [-0.2, 0) is 4.79 Å². The summed E-state index contributed by atoms with van der Waals surface area (Å²) >= 11 is 0. The lowest BCUT2D eigenvalue weighted by molar-refractivity contribution is -0.130. The molecule has 1 amide bonds. The van der Waals surface area contributed by atoms with Gasteiger partial charge in [0, 0.05) is 19.5 Å². The van der Waals surface area contributed by atoms with Gasteiger partial charge in [0.1, 0.15) is 0 Å². The first-order chi connectivity index (χ1) is 7.65. The fourth-order valence-corrected chi connectivity index (χ4v) is 2.01. The van der Waals surface area contributed by atoms with Gasteiger partial charge < -0.3 is 15.1 Å². The molecule has 16 heavy (non-hydrogen) atoms. The third-order valence-corrected chi connectivity index (χ3v) is 3.11. The van der Waals surface area contributed by atoms with Crippen LogP contribution < -0.4 is 0 Å². The van der Waals surface area contributed by atoms with Gasteiger partial charge in [0.15, 0.2) is 0 Å². The number of rotatable bonds is 6. The second kappa shape index (κ2) is 6.86. The molecule has 0 aromatic carbocycles. The van der Waals surface area contributed by atoms with Gasteiger partial charge in [0.05, 0.1) is 12.2 Å². The second-order valence-electron chi connectivity index (χ2n) is 4.60. The molecular formula is C12H23NO3. The molecule has 0 aliphatic carbocycles. The molecule has 1 saturated heterocycles. The van der Waals surface area contributed by atoms with E-state index in [2.05, 4.69) is 6.92 Å². The van der Waals surface area contributed by atoms with Crippen LogP contribution in [0.3, 0.4) is 0 Å². The maximum atomic E-state index is 11.7. The Labute approximate surface area is 97.3 Å². The van der Waals surface area contributed by atoms with Crippen LogP contribution in [0.2, 0.25) is 0 Å². The second-order valence-corrected chi connectivity index (χ2v) is 4.60. The molecule has 4 heteroatoms. The minimum absolute atomic E-state index is 0.0621. The van der Waals surface area contributed by atoms with Crippen molar-refractivity contribution in [3.8, 4) is 0 Å². The summed E-state index contributed by atoms with van der Waals surface area (Å²) in [6.07, 6.45) is 4.67. The first-order valence-corrected chi connectivity index (χ1v) is 6.29. The fourth-order valence-electron chi connectivity index (χ4n) is 2.01. The Hall–Kier alpha value is -0.610. The van der Waals surface area contributed by atoms with Gasteiger partial charge in [-0.15, -0.1) is 0 Å². The van der Waals surface area contributed by atoms with Crippen molar-refractivity contribution in [3.63, 3.8) is 0 Å². The van der Waals surface area contributed by atoms with E-state index in [0.717, 1.165) is 12.8 Å². The monoisotopic (exact) mass is 229 g/mol. The molecule has 0 spiro atoms. The van der Waals surface area contributed by atoms with Gasteiger partial charge in [0.25, 0.3) is 0 Å². The quantitative estimate of drug-likeness (QED) is 0.666. The van der Waals surface area contributed by atoms with Gasteiger partial charge in [-0.2, -0.15) is 0 Å². The number of hydrogen-bond donors (Lipinski definition) is 2. The molecule has 94 valence electrons. The topological polar surface area (TPSA) is 60.8 Å². The summed E-state index contributed by atoms with van der Waals surface area (Å²) in [5.74, 6) is 0.0621. The van der Waals surface area contributed by atoms with E-state index in [1.807, 2.05) is 0 Å². The third-order valence-electron chi connectivity index (χ3n) is 3.11. The lowest BCUT2D eigenvalue weighted by Gasteiger charge is -2.14. The van der Waals surface area contributed by atoms with Crippen molar-refractivity contribution in [3.05, 3.63) is 0 Å². The zero-order valence-corrected chi connectivity index (χ0v) is 10.1. The van der Waals surface area contributed by atoms with E-state index in [4.69, 9.17) is 0 Å². The minimum atomic E-state index is -0.760. The molecule has 1 aliphatic rings. The van der Waals surface area contributed by atoms with Crippen LogP contribution in [-0.4, -0.2) is 46.3 Å². The molecule has 0 aromatic rings. The number of aliphatic hydroxyl groups excluding tert-OH is 2. The summed E-state index contributed by atoms with van der Waals surface area (Å²) in [6, 6.07) is 0. The Kier molecular flexibility index (Phi) is 5.77. The number of likely N-dealkylation sites (tertiary alicyclic amines) is 1. The average Bonchev–Trinajstić information content (AvgIpc) is 2.59. The van der Waals surface area contributed by atoms with Crippen molar-refractivity contribution in [2.24, 2.45) is 0 Å². The smallest absolute Gasteiger partial charge is 0.222 e. The zero-order chi connectivity index (χ0) is 12.0. The molecule has 0 bridgehead atoms. The maximum absolute atomic E-state index is 11.7. The molecular weight excluding hydrogens is 206 g/mol. The van der Waals surface area contributed by atoms with Crippen molar-refractivity contribution in [1.29, 1.82) is 0 Å². The molecule has 1 aliphatic heterocycles. The number of nitrogens with zero attached hydrogens (tertiary/aromatic N) is 1. The average molecular weight is 229 g/mol. The van der Waals surface area contributed by atoms with Crippen LogP contribution in [0.4, 0.5) is 0 Å². The standard InChI is InChI=1S/C12H23NO3/c1-2-3-4-5-6-7-12(16)13-8-10(14)11(15)9-13/h10-11,14-15H,2-9H2,1H3. The molecule has 0 saturated carbocycles. The zero-order valence-electron chi connectivity index (χ0n) is 10.1. The predicted octanol–water partition coefficient (Wildman–Crippen LogP) is 0.911. The highest BCUT2D eigenvalue weighted by Crippen LogP contribution is 2.13. The fraction of sp³-hybridized carbons (Fsp3) is 0.917. The summed E-state index contributed by atoms with van der Waals surface area (Å²) in [4.78, 5) is 13.2. The number of β-amino-alcohol motifs (C(OH)–C–C–N with tert-alkyl or cyclic N) is 2. The largest absolute Gasteiger partial charge is 0.388 e. The highest BCUT2D eigenvalue weighted by atomic mass is 16.3. The van der Waals surface area contributed by atoms with E-state index in [-0.39, 0.29) is 19.0 Å². The van der Waals surface area contributed by atoms with Crippen LogP contribution in [0.5, 0.6) is 0 Å². The molecule has 2 unspecified atom stereocenters. The number of amides is 1. The highest BCUT2D eigenvalue weighted by Gasteiger charge is 2.31. The van der Waals surface area contributed by atoms with Crippen molar-refractivity contribution in [1.82, 2.24) is 4.90 Å². The van der Waals surface area contributed by atoms with Crippen molar-refractivity contribution >= 4 is 5.91 Å². The lowest BCUT2D eigenvalue weighted by atomic mass is 10.1. The SMILES string of the molecule is CCCCCCCC(=O)N1CC(O)C(O)C1. The summed E-state index contributed by atoms with van der Waals surface area (Å²) in [6.45, 7) is 2.74.